The summed E-state index contributed by atoms with van der Waals surface area (Å²) in [7, 11) is -2.39. The van der Waals surface area contributed by atoms with Crippen molar-refractivity contribution < 1.29 is 17.9 Å². The molecule has 2 aromatic rings. The molecule has 1 amide bonds. The van der Waals surface area contributed by atoms with Gasteiger partial charge in [0.1, 0.15) is 5.75 Å². The zero-order valence-electron chi connectivity index (χ0n) is 15.9. The van der Waals surface area contributed by atoms with Crippen molar-refractivity contribution in [2.24, 2.45) is 0 Å². The van der Waals surface area contributed by atoms with Crippen LogP contribution in [0.25, 0.3) is 0 Å². The van der Waals surface area contributed by atoms with E-state index in [1.54, 1.807) is 19.1 Å². The summed E-state index contributed by atoms with van der Waals surface area (Å²) in [5, 5.41) is 2.65. The third-order valence-electron chi connectivity index (χ3n) is 4.09. The predicted octanol–water partition coefficient (Wildman–Crippen LogP) is 3.59. The number of carbonyl (C=O) groups is 1. The van der Waals surface area contributed by atoms with E-state index in [0.29, 0.717) is 18.0 Å². The molecule has 0 aliphatic carbocycles. The van der Waals surface area contributed by atoms with Crippen molar-refractivity contribution in [2.75, 3.05) is 18.4 Å². The van der Waals surface area contributed by atoms with Crippen LogP contribution in [0.1, 0.15) is 42.6 Å². The number of hydrogen-bond acceptors (Lipinski definition) is 4. The topological polar surface area (TPSA) is 84.5 Å². The molecule has 2 N–H and O–H groups in total. The zero-order chi connectivity index (χ0) is 19.9. The first-order valence-corrected chi connectivity index (χ1v) is 10.5. The van der Waals surface area contributed by atoms with Crippen molar-refractivity contribution in [2.45, 2.75) is 38.0 Å². The van der Waals surface area contributed by atoms with E-state index >= 15 is 0 Å². The number of aryl methyl sites for hydroxylation is 1. The molecule has 0 saturated carbocycles. The molecule has 27 heavy (non-hydrogen) atoms. The average Bonchev–Trinajstić information content (AvgIpc) is 2.66. The van der Waals surface area contributed by atoms with Crippen LogP contribution in [0.4, 0.5) is 5.69 Å². The van der Waals surface area contributed by atoms with E-state index in [2.05, 4.69) is 17.0 Å². The van der Waals surface area contributed by atoms with Gasteiger partial charge in [-0.15, -0.1) is 0 Å². The smallest absolute Gasteiger partial charge is 0.261 e. The molecule has 6 nitrogen and oxygen atoms in total. The molecule has 0 unspecified atom stereocenters. The Morgan fingerprint density at radius 1 is 1.07 bits per heavy atom. The van der Waals surface area contributed by atoms with E-state index in [0.717, 1.165) is 19.3 Å². The number of nitrogens with one attached hydrogen (secondary N) is 2. The normalized spacial score (nSPS) is 11.1. The van der Waals surface area contributed by atoms with Gasteiger partial charge in [-0.1, -0.05) is 25.5 Å². The first-order chi connectivity index (χ1) is 12.9. The molecule has 0 atom stereocenters. The average molecular weight is 391 g/mol. The lowest BCUT2D eigenvalue weighted by atomic mass is 10.1. The minimum Gasteiger partial charge on any atom is -0.496 e. The van der Waals surface area contributed by atoms with E-state index in [4.69, 9.17) is 4.74 Å². The van der Waals surface area contributed by atoms with Crippen LogP contribution < -0.4 is 14.8 Å². The van der Waals surface area contributed by atoms with Crippen LogP contribution in [0.2, 0.25) is 0 Å². The third kappa shape index (κ3) is 5.47. The van der Waals surface area contributed by atoms with Gasteiger partial charge in [-0.05, 0) is 55.7 Å². The van der Waals surface area contributed by atoms with Gasteiger partial charge in [0.15, 0.2) is 0 Å². The van der Waals surface area contributed by atoms with Crippen LogP contribution in [0.15, 0.2) is 47.4 Å². The summed E-state index contributed by atoms with van der Waals surface area (Å²) in [5.74, 6) is -0.0631. The Morgan fingerprint density at radius 3 is 2.37 bits per heavy atom. The maximum atomic E-state index is 12.7. The van der Waals surface area contributed by atoms with Gasteiger partial charge in [-0.25, -0.2) is 8.42 Å². The Bertz CT molecular complexity index is 877. The van der Waals surface area contributed by atoms with Crippen molar-refractivity contribution >= 4 is 21.6 Å². The monoisotopic (exact) mass is 390 g/mol. The van der Waals surface area contributed by atoms with E-state index in [-0.39, 0.29) is 16.4 Å². The highest BCUT2D eigenvalue weighted by Gasteiger charge is 2.19. The molecule has 0 heterocycles. The van der Waals surface area contributed by atoms with Gasteiger partial charge < -0.3 is 10.1 Å². The van der Waals surface area contributed by atoms with E-state index in [1.807, 2.05) is 12.1 Å². The van der Waals surface area contributed by atoms with Gasteiger partial charge in [0.2, 0.25) is 0 Å². The quantitative estimate of drug-likeness (QED) is 0.685. The molecule has 0 spiro atoms. The molecule has 0 saturated heterocycles. The molecule has 0 aliphatic rings. The highest BCUT2D eigenvalue weighted by atomic mass is 32.2. The number of anilines is 1. The molecule has 146 valence electrons. The number of carbonyl (C=O) groups excluding carboxylic acids is 1. The lowest BCUT2D eigenvalue weighted by Gasteiger charge is -2.12. The summed E-state index contributed by atoms with van der Waals surface area (Å²) in [6.45, 7) is 4.35. The Balaban J connectivity index is 2.25. The first-order valence-electron chi connectivity index (χ1n) is 8.99. The summed E-state index contributed by atoms with van der Waals surface area (Å²) in [6, 6.07) is 11.5. The lowest BCUT2D eigenvalue weighted by molar-refractivity contribution is 0.0952. The Morgan fingerprint density at radius 2 is 1.78 bits per heavy atom. The van der Waals surface area contributed by atoms with Crippen LogP contribution in [-0.4, -0.2) is 28.0 Å². The van der Waals surface area contributed by atoms with Crippen LogP contribution >= 0.6 is 0 Å². The Kier molecular flexibility index (Phi) is 7.24. The van der Waals surface area contributed by atoms with E-state index in [9.17, 15) is 13.2 Å². The molecule has 7 heteroatoms. The van der Waals surface area contributed by atoms with Crippen LogP contribution in [0, 0.1) is 0 Å². The third-order valence-corrected chi connectivity index (χ3v) is 5.47. The molecule has 0 aromatic heterocycles. The minimum absolute atomic E-state index is 0.000359. The zero-order valence-corrected chi connectivity index (χ0v) is 16.7. The second kappa shape index (κ2) is 9.41. The van der Waals surface area contributed by atoms with Gasteiger partial charge >= 0.3 is 0 Å². The Hall–Kier alpha value is -2.54. The number of sulfonamides is 1. The van der Waals surface area contributed by atoms with Crippen molar-refractivity contribution in [3.05, 3.63) is 53.6 Å². The number of unbranched alkanes of at least 4 members (excludes halogenated alkanes) is 1. The highest BCUT2D eigenvalue weighted by molar-refractivity contribution is 7.92. The second-order valence-corrected chi connectivity index (χ2v) is 7.81. The maximum absolute atomic E-state index is 12.7. The highest BCUT2D eigenvalue weighted by Crippen LogP contribution is 2.24. The lowest BCUT2D eigenvalue weighted by Crippen LogP contribution is -2.24. The number of ether oxygens (including phenoxy) is 1. The van der Waals surface area contributed by atoms with Crippen LogP contribution in [0.5, 0.6) is 5.75 Å². The Labute approximate surface area is 161 Å². The van der Waals surface area contributed by atoms with Gasteiger partial charge in [-0.3, -0.25) is 9.52 Å². The molecular weight excluding hydrogens is 364 g/mol. The molecule has 0 radical (unpaired) electrons. The van der Waals surface area contributed by atoms with Crippen molar-refractivity contribution in [3.8, 4) is 5.75 Å². The fraction of sp³-hybridized carbons (Fsp3) is 0.350. The summed E-state index contributed by atoms with van der Waals surface area (Å²) in [5.41, 5.74) is 1.82. The molecule has 0 bridgehead atoms. The van der Waals surface area contributed by atoms with Gasteiger partial charge in [-0.2, -0.15) is 0 Å². The SMILES string of the molecule is CCCCc1ccc(NS(=O)(=O)c2ccc(OC)c(C(=O)NCC)c2)cc1. The number of benzene rings is 2. The molecule has 0 aliphatic heterocycles. The van der Waals surface area contributed by atoms with E-state index in [1.165, 1.54) is 30.9 Å². The largest absolute Gasteiger partial charge is 0.496 e. The first kappa shape index (κ1) is 20.8. The summed E-state index contributed by atoms with van der Waals surface area (Å²) in [4.78, 5) is 12.2. The number of amides is 1. The van der Waals surface area contributed by atoms with Crippen LogP contribution in [0.3, 0.4) is 0 Å². The second-order valence-electron chi connectivity index (χ2n) is 6.13. The van der Waals surface area contributed by atoms with Gasteiger partial charge in [0.05, 0.1) is 17.6 Å². The molecule has 0 fully saturated rings. The van der Waals surface area contributed by atoms with Crippen molar-refractivity contribution in [3.63, 3.8) is 0 Å². The number of methoxy groups -OCH3 is 1. The minimum atomic E-state index is -3.82. The van der Waals surface area contributed by atoms with Crippen molar-refractivity contribution in [1.29, 1.82) is 0 Å². The fourth-order valence-corrected chi connectivity index (χ4v) is 3.71. The summed E-state index contributed by atoms with van der Waals surface area (Å²) < 4.78 is 33.1. The maximum Gasteiger partial charge on any atom is 0.261 e. The fourth-order valence-electron chi connectivity index (χ4n) is 2.62. The molecule has 2 aromatic carbocycles. The standard InChI is InChI=1S/C20H26N2O4S/c1-4-6-7-15-8-10-16(11-9-15)22-27(24,25)17-12-13-19(26-3)18(14-17)20(23)21-5-2/h8-14,22H,4-7H2,1-3H3,(H,21,23). The number of rotatable bonds is 9. The predicted molar refractivity (Wildman–Crippen MR) is 107 cm³/mol. The van der Waals surface area contributed by atoms with E-state index < -0.39 is 10.0 Å². The van der Waals surface area contributed by atoms with Crippen molar-refractivity contribution in [1.82, 2.24) is 5.32 Å². The molecular formula is C20H26N2O4S. The summed E-state index contributed by atoms with van der Waals surface area (Å²) >= 11 is 0. The van der Waals surface area contributed by atoms with Gasteiger partial charge in [0.25, 0.3) is 15.9 Å². The molecule has 2 rings (SSSR count). The summed E-state index contributed by atoms with van der Waals surface area (Å²) in [6.07, 6.45) is 3.18. The number of hydrogen-bond donors (Lipinski definition) is 2. The van der Waals surface area contributed by atoms with Gasteiger partial charge in [0, 0.05) is 12.2 Å². The van der Waals surface area contributed by atoms with Crippen LogP contribution in [-0.2, 0) is 16.4 Å².